The van der Waals surface area contributed by atoms with Crippen LogP contribution < -0.4 is 0 Å². The van der Waals surface area contributed by atoms with Gasteiger partial charge in [0.05, 0.1) is 23.7 Å². The lowest BCUT2D eigenvalue weighted by atomic mass is 9.71. The maximum Gasteiger partial charge on any atom is 0.309 e. The fraction of sp³-hybridized carbons (Fsp3) is 0.917. The molecule has 0 radical (unpaired) electrons. The van der Waals surface area contributed by atoms with Crippen LogP contribution in [0.2, 0.25) is 0 Å². The maximum absolute atomic E-state index is 11.3. The van der Waals surface area contributed by atoms with Crippen LogP contribution in [0.15, 0.2) is 0 Å². The van der Waals surface area contributed by atoms with Crippen LogP contribution in [0.5, 0.6) is 0 Å². The van der Waals surface area contributed by atoms with E-state index in [9.17, 15) is 15.0 Å². The first-order chi connectivity index (χ1) is 7.18. The molecule has 2 atom stereocenters. The standard InChI is InChI=1S/C12H22O4/c1-8(2)9(10(13)14)12(15)5-6-16-11(3,4)7-12/h8-9,15H,5-7H2,1-4H3,(H,13,14). The minimum Gasteiger partial charge on any atom is -0.481 e. The SMILES string of the molecule is CC(C)C(C(=O)O)C1(O)CCOC(C)(C)C1. The van der Waals surface area contributed by atoms with Crippen molar-refractivity contribution < 1.29 is 19.7 Å². The van der Waals surface area contributed by atoms with Gasteiger partial charge in [0.2, 0.25) is 0 Å². The second-order valence-electron chi connectivity index (χ2n) is 5.70. The molecule has 0 amide bonds. The largest absolute Gasteiger partial charge is 0.481 e. The van der Waals surface area contributed by atoms with Gasteiger partial charge >= 0.3 is 5.97 Å². The Balaban J connectivity index is 2.93. The second-order valence-corrected chi connectivity index (χ2v) is 5.70. The van der Waals surface area contributed by atoms with Crippen molar-refractivity contribution in [1.29, 1.82) is 0 Å². The third-order valence-corrected chi connectivity index (χ3v) is 3.27. The van der Waals surface area contributed by atoms with Gasteiger partial charge in [0.25, 0.3) is 0 Å². The minimum absolute atomic E-state index is 0.0867. The van der Waals surface area contributed by atoms with Gasteiger partial charge < -0.3 is 14.9 Å². The van der Waals surface area contributed by atoms with E-state index in [1.165, 1.54) is 0 Å². The van der Waals surface area contributed by atoms with Gasteiger partial charge in [-0.2, -0.15) is 0 Å². The van der Waals surface area contributed by atoms with Crippen LogP contribution in [0.3, 0.4) is 0 Å². The van der Waals surface area contributed by atoms with Crippen LogP contribution in [0.4, 0.5) is 0 Å². The van der Waals surface area contributed by atoms with Gasteiger partial charge in [-0.25, -0.2) is 0 Å². The van der Waals surface area contributed by atoms with Gasteiger partial charge in [0.1, 0.15) is 0 Å². The molecule has 0 aliphatic carbocycles. The number of rotatable bonds is 3. The van der Waals surface area contributed by atoms with Crippen LogP contribution in [0, 0.1) is 11.8 Å². The van der Waals surface area contributed by atoms with Gasteiger partial charge in [0.15, 0.2) is 0 Å². The number of carboxylic acid groups (broad SMARTS) is 1. The molecule has 0 aromatic rings. The first-order valence-corrected chi connectivity index (χ1v) is 5.77. The maximum atomic E-state index is 11.3. The molecule has 94 valence electrons. The Kier molecular flexibility index (Phi) is 3.65. The van der Waals surface area contributed by atoms with E-state index in [4.69, 9.17) is 4.74 Å². The number of aliphatic hydroxyl groups is 1. The molecule has 1 rings (SSSR count). The van der Waals surface area contributed by atoms with Crippen LogP contribution in [-0.2, 0) is 9.53 Å². The molecule has 2 unspecified atom stereocenters. The van der Waals surface area contributed by atoms with E-state index in [1.807, 2.05) is 27.7 Å². The highest BCUT2D eigenvalue weighted by atomic mass is 16.5. The van der Waals surface area contributed by atoms with Crippen LogP contribution in [-0.4, -0.2) is 34.0 Å². The molecular formula is C12H22O4. The molecule has 1 saturated heterocycles. The van der Waals surface area contributed by atoms with Crippen LogP contribution in [0.25, 0.3) is 0 Å². The molecule has 4 nitrogen and oxygen atoms in total. The predicted octanol–water partition coefficient (Wildman–Crippen LogP) is 1.66. The molecule has 0 bridgehead atoms. The van der Waals surface area contributed by atoms with E-state index >= 15 is 0 Å². The number of ether oxygens (including phenoxy) is 1. The van der Waals surface area contributed by atoms with E-state index in [2.05, 4.69) is 0 Å². The average Bonchev–Trinajstić information content (AvgIpc) is 1.97. The van der Waals surface area contributed by atoms with Gasteiger partial charge in [0, 0.05) is 12.8 Å². The Labute approximate surface area is 96.6 Å². The summed E-state index contributed by atoms with van der Waals surface area (Å²) in [7, 11) is 0. The Hall–Kier alpha value is -0.610. The second kappa shape index (κ2) is 4.34. The molecule has 1 heterocycles. The lowest BCUT2D eigenvalue weighted by Gasteiger charge is -2.45. The van der Waals surface area contributed by atoms with Crippen molar-refractivity contribution >= 4 is 5.97 Å². The van der Waals surface area contributed by atoms with E-state index in [0.29, 0.717) is 19.4 Å². The smallest absolute Gasteiger partial charge is 0.309 e. The number of hydrogen-bond donors (Lipinski definition) is 2. The van der Waals surface area contributed by atoms with E-state index in [0.717, 1.165) is 0 Å². The van der Waals surface area contributed by atoms with Crippen molar-refractivity contribution in [2.24, 2.45) is 11.8 Å². The van der Waals surface area contributed by atoms with Gasteiger partial charge in [-0.05, 0) is 19.8 Å². The lowest BCUT2D eigenvalue weighted by molar-refractivity contribution is -0.187. The fourth-order valence-electron chi connectivity index (χ4n) is 2.78. The van der Waals surface area contributed by atoms with E-state index < -0.39 is 23.1 Å². The number of hydrogen-bond acceptors (Lipinski definition) is 3. The summed E-state index contributed by atoms with van der Waals surface area (Å²) >= 11 is 0. The Bertz CT molecular complexity index is 272. The highest BCUT2D eigenvalue weighted by Gasteiger charge is 2.49. The third kappa shape index (κ3) is 2.74. The molecule has 1 aliphatic heterocycles. The van der Waals surface area contributed by atoms with Crippen molar-refractivity contribution in [1.82, 2.24) is 0 Å². The first-order valence-electron chi connectivity index (χ1n) is 5.77. The van der Waals surface area contributed by atoms with Crippen molar-refractivity contribution in [3.05, 3.63) is 0 Å². The Morgan fingerprint density at radius 1 is 1.38 bits per heavy atom. The van der Waals surface area contributed by atoms with Crippen LogP contribution in [0.1, 0.15) is 40.5 Å². The molecule has 0 saturated carbocycles. The van der Waals surface area contributed by atoms with Crippen molar-refractivity contribution in [3.63, 3.8) is 0 Å². The van der Waals surface area contributed by atoms with Gasteiger partial charge in [-0.1, -0.05) is 13.8 Å². The molecule has 0 spiro atoms. The molecule has 4 heteroatoms. The van der Waals surface area contributed by atoms with Crippen LogP contribution >= 0.6 is 0 Å². The van der Waals surface area contributed by atoms with Crippen molar-refractivity contribution in [2.75, 3.05) is 6.61 Å². The first kappa shape index (κ1) is 13.5. The molecule has 16 heavy (non-hydrogen) atoms. The Morgan fingerprint density at radius 2 is 1.94 bits per heavy atom. The van der Waals surface area contributed by atoms with Gasteiger partial charge in [-0.3, -0.25) is 4.79 Å². The predicted molar refractivity (Wildman–Crippen MR) is 60.2 cm³/mol. The Morgan fingerprint density at radius 3 is 2.31 bits per heavy atom. The van der Waals surface area contributed by atoms with Gasteiger partial charge in [-0.15, -0.1) is 0 Å². The molecule has 0 aromatic heterocycles. The summed E-state index contributed by atoms with van der Waals surface area (Å²) in [5, 5.41) is 19.8. The zero-order valence-corrected chi connectivity index (χ0v) is 10.5. The molecule has 1 aliphatic rings. The molecular weight excluding hydrogens is 208 g/mol. The monoisotopic (exact) mass is 230 g/mol. The molecule has 2 N–H and O–H groups in total. The number of aliphatic carboxylic acids is 1. The number of carboxylic acids is 1. The van der Waals surface area contributed by atoms with E-state index in [-0.39, 0.29) is 5.92 Å². The third-order valence-electron chi connectivity index (χ3n) is 3.27. The topological polar surface area (TPSA) is 66.8 Å². The summed E-state index contributed by atoms with van der Waals surface area (Å²) in [6.45, 7) is 7.85. The quantitative estimate of drug-likeness (QED) is 0.774. The van der Waals surface area contributed by atoms with Crippen molar-refractivity contribution in [2.45, 2.75) is 51.7 Å². The fourth-order valence-corrected chi connectivity index (χ4v) is 2.78. The van der Waals surface area contributed by atoms with E-state index in [1.54, 1.807) is 0 Å². The van der Waals surface area contributed by atoms with Crippen molar-refractivity contribution in [3.8, 4) is 0 Å². The zero-order chi connectivity index (χ0) is 12.6. The summed E-state index contributed by atoms with van der Waals surface area (Å²) in [4.78, 5) is 11.3. The molecule has 0 aromatic carbocycles. The normalized spacial score (nSPS) is 31.4. The summed E-state index contributed by atoms with van der Waals surface area (Å²) in [5.41, 5.74) is -1.60. The zero-order valence-electron chi connectivity index (χ0n) is 10.5. The number of carbonyl (C=O) groups is 1. The average molecular weight is 230 g/mol. The summed E-state index contributed by atoms with van der Waals surface area (Å²) < 4.78 is 5.52. The highest BCUT2D eigenvalue weighted by molar-refractivity contribution is 5.72. The summed E-state index contributed by atoms with van der Waals surface area (Å²) in [5.74, 6) is -1.73. The summed E-state index contributed by atoms with van der Waals surface area (Å²) in [6, 6.07) is 0. The molecule has 1 fully saturated rings. The summed E-state index contributed by atoms with van der Waals surface area (Å²) in [6.07, 6.45) is 0.765. The highest BCUT2D eigenvalue weighted by Crippen LogP contribution is 2.40. The minimum atomic E-state index is -1.15. The lowest BCUT2D eigenvalue weighted by Crippen LogP contribution is -2.54.